The summed E-state index contributed by atoms with van der Waals surface area (Å²) in [5, 5.41) is 13.0. The molecular formula is C26H23ClN2O3. The molecule has 5 nitrogen and oxygen atoms in total. The summed E-state index contributed by atoms with van der Waals surface area (Å²) in [6.07, 6.45) is 1.52. The molecule has 162 valence electrons. The Kier molecular flexibility index (Phi) is 7.54. The average Bonchev–Trinajstić information content (AvgIpc) is 2.79. The van der Waals surface area contributed by atoms with Crippen molar-refractivity contribution < 1.29 is 14.3 Å². The van der Waals surface area contributed by atoms with E-state index in [1.807, 2.05) is 50.2 Å². The Morgan fingerprint density at radius 3 is 2.47 bits per heavy atom. The van der Waals surface area contributed by atoms with E-state index in [-0.39, 0.29) is 5.57 Å². The van der Waals surface area contributed by atoms with Gasteiger partial charge in [0.1, 0.15) is 18.2 Å². The average molecular weight is 447 g/mol. The Morgan fingerprint density at radius 2 is 1.81 bits per heavy atom. The fourth-order valence-corrected chi connectivity index (χ4v) is 3.22. The standard InChI is InChI=1S/C26H23ClN2O3/c1-17-4-10-23(18(2)12-17)29-26(30)21(15-28)13-20-7-11-24(25(14-20)31-3)32-16-19-5-8-22(27)9-6-19/h4-14H,16H2,1-3H3,(H,29,30). The van der Waals surface area contributed by atoms with E-state index in [9.17, 15) is 10.1 Å². The summed E-state index contributed by atoms with van der Waals surface area (Å²) in [6.45, 7) is 4.24. The zero-order chi connectivity index (χ0) is 23.1. The Balaban J connectivity index is 1.76. The number of nitrogens with one attached hydrogen (secondary N) is 1. The quantitative estimate of drug-likeness (QED) is 0.352. The smallest absolute Gasteiger partial charge is 0.266 e. The van der Waals surface area contributed by atoms with E-state index in [0.29, 0.717) is 34.4 Å². The number of benzene rings is 3. The first-order chi connectivity index (χ1) is 15.4. The van der Waals surface area contributed by atoms with Crippen LogP contribution >= 0.6 is 11.6 Å². The zero-order valence-electron chi connectivity index (χ0n) is 18.1. The SMILES string of the molecule is COc1cc(C=C(C#N)C(=O)Nc2ccc(C)cc2C)ccc1OCc1ccc(Cl)cc1. The van der Waals surface area contributed by atoms with Gasteiger partial charge in [-0.3, -0.25) is 4.79 Å². The molecule has 1 N–H and O–H groups in total. The van der Waals surface area contributed by atoms with Gasteiger partial charge in [-0.25, -0.2) is 0 Å². The monoisotopic (exact) mass is 446 g/mol. The third-order valence-corrected chi connectivity index (χ3v) is 5.05. The van der Waals surface area contributed by atoms with Crippen LogP contribution in [0.4, 0.5) is 5.69 Å². The van der Waals surface area contributed by atoms with Gasteiger partial charge in [0.2, 0.25) is 0 Å². The van der Waals surface area contributed by atoms with Crippen molar-refractivity contribution in [3.05, 3.63) is 93.5 Å². The molecular weight excluding hydrogens is 424 g/mol. The molecule has 0 aliphatic carbocycles. The molecule has 0 radical (unpaired) electrons. The lowest BCUT2D eigenvalue weighted by molar-refractivity contribution is -0.112. The topological polar surface area (TPSA) is 71.3 Å². The summed E-state index contributed by atoms with van der Waals surface area (Å²) in [5.41, 5.74) is 4.30. The highest BCUT2D eigenvalue weighted by atomic mass is 35.5. The van der Waals surface area contributed by atoms with Crippen LogP contribution in [0.3, 0.4) is 0 Å². The number of halogens is 1. The minimum absolute atomic E-state index is 0.0122. The summed E-state index contributed by atoms with van der Waals surface area (Å²) in [6, 6.07) is 20.3. The predicted octanol–water partition coefficient (Wildman–Crippen LogP) is 6.09. The molecule has 0 aliphatic heterocycles. The van der Waals surface area contributed by atoms with E-state index in [4.69, 9.17) is 21.1 Å². The normalized spacial score (nSPS) is 10.9. The number of hydrogen-bond donors (Lipinski definition) is 1. The molecule has 0 heterocycles. The van der Waals surface area contributed by atoms with Gasteiger partial charge in [0, 0.05) is 10.7 Å². The summed E-state index contributed by atoms with van der Waals surface area (Å²) in [7, 11) is 1.54. The van der Waals surface area contributed by atoms with Crippen molar-refractivity contribution in [2.24, 2.45) is 0 Å². The Hall–Kier alpha value is -3.75. The van der Waals surface area contributed by atoms with Crippen molar-refractivity contribution in [2.75, 3.05) is 12.4 Å². The predicted molar refractivity (Wildman–Crippen MR) is 127 cm³/mol. The number of aryl methyl sites for hydroxylation is 2. The number of hydrogen-bond acceptors (Lipinski definition) is 4. The number of carbonyl (C=O) groups excluding carboxylic acids is 1. The highest BCUT2D eigenvalue weighted by Crippen LogP contribution is 2.30. The van der Waals surface area contributed by atoms with Crippen LogP contribution in [0, 0.1) is 25.2 Å². The molecule has 6 heteroatoms. The molecule has 0 aromatic heterocycles. The van der Waals surface area contributed by atoms with Gasteiger partial charge in [-0.05, 0) is 66.9 Å². The molecule has 0 aliphatic rings. The minimum atomic E-state index is -0.471. The lowest BCUT2D eigenvalue weighted by Crippen LogP contribution is -2.14. The molecule has 0 bridgehead atoms. The molecule has 0 fully saturated rings. The van der Waals surface area contributed by atoms with Crippen LogP contribution in [0.5, 0.6) is 11.5 Å². The first-order valence-electron chi connectivity index (χ1n) is 9.95. The number of methoxy groups -OCH3 is 1. The summed E-state index contributed by atoms with van der Waals surface area (Å²) < 4.78 is 11.3. The van der Waals surface area contributed by atoms with Crippen molar-refractivity contribution in [2.45, 2.75) is 20.5 Å². The second-order valence-electron chi connectivity index (χ2n) is 7.27. The van der Waals surface area contributed by atoms with Gasteiger partial charge in [0.15, 0.2) is 11.5 Å². The molecule has 3 aromatic carbocycles. The van der Waals surface area contributed by atoms with Crippen LogP contribution < -0.4 is 14.8 Å². The molecule has 1 amide bonds. The van der Waals surface area contributed by atoms with Crippen molar-refractivity contribution in [3.8, 4) is 17.6 Å². The van der Waals surface area contributed by atoms with Crippen molar-refractivity contribution in [1.82, 2.24) is 0 Å². The molecule has 0 unspecified atom stereocenters. The third-order valence-electron chi connectivity index (χ3n) is 4.80. The number of carbonyl (C=O) groups is 1. The van der Waals surface area contributed by atoms with Crippen LogP contribution in [-0.2, 0) is 11.4 Å². The van der Waals surface area contributed by atoms with Crippen LogP contribution in [-0.4, -0.2) is 13.0 Å². The largest absolute Gasteiger partial charge is 0.493 e. The minimum Gasteiger partial charge on any atom is -0.493 e. The maximum atomic E-state index is 12.6. The van der Waals surface area contributed by atoms with Gasteiger partial charge in [0.05, 0.1) is 7.11 Å². The first kappa shape index (κ1) is 22.9. The van der Waals surface area contributed by atoms with E-state index in [0.717, 1.165) is 16.7 Å². The highest BCUT2D eigenvalue weighted by Gasteiger charge is 2.12. The van der Waals surface area contributed by atoms with E-state index >= 15 is 0 Å². The van der Waals surface area contributed by atoms with E-state index in [1.54, 1.807) is 30.3 Å². The third kappa shape index (κ3) is 5.90. The van der Waals surface area contributed by atoms with Gasteiger partial charge < -0.3 is 14.8 Å². The molecule has 0 saturated carbocycles. The number of rotatable bonds is 7. The first-order valence-corrected chi connectivity index (χ1v) is 10.3. The Morgan fingerprint density at radius 1 is 1.06 bits per heavy atom. The van der Waals surface area contributed by atoms with Crippen molar-refractivity contribution in [3.63, 3.8) is 0 Å². The van der Waals surface area contributed by atoms with Gasteiger partial charge in [-0.2, -0.15) is 5.26 Å². The number of anilines is 1. The molecule has 3 rings (SSSR count). The maximum Gasteiger partial charge on any atom is 0.266 e. The number of nitriles is 1. The summed E-state index contributed by atoms with van der Waals surface area (Å²) in [4.78, 5) is 12.6. The molecule has 0 atom stereocenters. The number of nitrogens with zero attached hydrogens (tertiary/aromatic N) is 1. The molecule has 32 heavy (non-hydrogen) atoms. The second kappa shape index (κ2) is 10.5. The fourth-order valence-electron chi connectivity index (χ4n) is 3.09. The van der Waals surface area contributed by atoms with Gasteiger partial charge in [-0.1, -0.05) is 47.5 Å². The second-order valence-corrected chi connectivity index (χ2v) is 7.70. The summed E-state index contributed by atoms with van der Waals surface area (Å²) >= 11 is 5.91. The summed E-state index contributed by atoms with van der Waals surface area (Å²) in [5.74, 6) is 0.583. The van der Waals surface area contributed by atoms with Crippen LogP contribution in [0.15, 0.2) is 66.2 Å². The van der Waals surface area contributed by atoms with Gasteiger partial charge in [-0.15, -0.1) is 0 Å². The van der Waals surface area contributed by atoms with E-state index < -0.39 is 5.91 Å². The molecule has 3 aromatic rings. The highest BCUT2D eigenvalue weighted by molar-refractivity contribution is 6.30. The number of amides is 1. The van der Waals surface area contributed by atoms with Crippen LogP contribution in [0.25, 0.3) is 6.08 Å². The molecule has 0 spiro atoms. The lowest BCUT2D eigenvalue weighted by atomic mass is 10.1. The van der Waals surface area contributed by atoms with Crippen LogP contribution in [0.1, 0.15) is 22.3 Å². The zero-order valence-corrected chi connectivity index (χ0v) is 18.9. The Labute approximate surface area is 192 Å². The van der Waals surface area contributed by atoms with Crippen LogP contribution in [0.2, 0.25) is 5.02 Å². The van der Waals surface area contributed by atoms with E-state index in [2.05, 4.69) is 5.32 Å². The number of ether oxygens (including phenoxy) is 2. The fraction of sp³-hybridized carbons (Fsp3) is 0.154. The van der Waals surface area contributed by atoms with E-state index in [1.165, 1.54) is 13.2 Å². The van der Waals surface area contributed by atoms with Gasteiger partial charge >= 0.3 is 0 Å². The maximum absolute atomic E-state index is 12.6. The van der Waals surface area contributed by atoms with Crippen molar-refractivity contribution >= 4 is 29.3 Å². The van der Waals surface area contributed by atoms with Crippen molar-refractivity contribution in [1.29, 1.82) is 5.26 Å². The Bertz CT molecular complexity index is 1190. The van der Waals surface area contributed by atoms with Gasteiger partial charge in [0.25, 0.3) is 5.91 Å². The molecule has 0 saturated heterocycles. The lowest BCUT2D eigenvalue weighted by Gasteiger charge is -2.12.